The quantitative estimate of drug-likeness (QED) is 0.804. The SMILES string of the molecule is Cc1nc(N2CCC3(CC2)CO[C@H](C)[C@H]3N)cc(=O)n1-c1cccc(Cl)c1Cl. The number of halogens is 2. The highest BCUT2D eigenvalue weighted by atomic mass is 35.5. The molecule has 0 unspecified atom stereocenters. The summed E-state index contributed by atoms with van der Waals surface area (Å²) in [6.07, 6.45) is 1.96. The fraction of sp³-hybridized carbons (Fsp3) is 0.500. The third-order valence-corrected chi connectivity index (χ3v) is 6.98. The highest BCUT2D eigenvalue weighted by molar-refractivity contribution is 6.43. The van der Waals surface area contributed by atoms with Crippen molar-refractivity contribution in [1.82, 2.24) is 9.55 Å². The van der Waals surface area contributed by atoms with E-state index in [4.69, 9.17) is 33.7 Å². The molecule has 2 atom stereocenters. The first-order valence-corrected chi connectivity index (χ1v) is 10.3. The second-order valence-corrected chi connectivity index (χ2v) is 8.58. The maximum atomic E-state index is 12.9. The Labute approximate surface area is 174 Å². The van der Waals surface area contributed by atoms with Gasteiger partial charge in [-0.3, -0.25) is 9.36 Å². The van der Waals surface area contributed by atoms with Crippen molar-refractivity contribution in [2.45, 2.75) is 38.8 Å². The van der Waals surface area contributed by atoms with Gasteiger partial charge in [0.1, 0.15) is 11.6 Å². The normalized spacial score (nSPS) is 24.1. The van der Waals surface area contributed by atoms with Crippen molar-refractivity contribution in [3.05, 3.63) is 50.5 Å². The van der Waals surface area contributed by atoms with E-state index in [1.165, 1.54) is 4.57 Å². The second kappa shape index (κ2) is 7.34. The van der Waals surface area contributed by atoms with Gasteiger partial charge >= 0.3 is 0 Å². The third-order valence-electron chi connectivity index (χ3n) is 6.17. The van der Waals surface area contributed by atoms with E-state index >= 15 is 0 Å². The molecule has 3 heterocycles. The van der Waals surface area contributed by atoms with Crippen LogP contribution in [-0.2, 0) is 4.74 Å². The zero-order valence-electron chi connectivity index (χ0n) is 16.0. The van der Waals surface area contributed by atoms with E-state index in [1.807, 2.05) is 6.92 Å². The Morgan fingerprint density at radius 3 is 2.61 bits per heavy atom. The highest BCUT2D eigenvalue weighted by Gasteiger charge is 2.47. The lowest BCUT2D eigenvalue weighted by Crippen LogP contribution is -2.51. The average Bonchev–Trinajstić information content (AvgIpc) is 2.94. The number of rotatable bonds is 2. The van der Waals surface area contributed by atoms with Gasteiger partial charge in [0.15, 0.2) is 0 Å². The number of hydrogen-bond acceptors (Lipinski definition) is 5. The molecule has 2 saturated heterocycles. The molecule has 0 radical (unpaired) electrons. The summed E-state index contributed by atoms with van der Waals surface area (Å²) in [6, 6.07) is 6.84. The van der Waals surface area contributed by atoms with Crippen molar-refractivity contribution in [3.8, 4) is 5.69 Å². The van der Waals surface area contributed by atoms with Crippen molar-refractivity contribution in [3.63, 3.8) is 0 Å². The molecule has 2 aromatic rings. The van der Waals surface area contributed by atoms with Gasteiger partial charge in [-0.2, -0.15) is 0 Å². The molecule has 6 nitrogen and oxygen atoms in total. The number of piperidine rings is 1. The minimum absolute atomic E-state index is 0.0360. The molecule has 150 valence electrons. The maximum absolute atomic E-state index is 12.9. The lowest BCUT2D eigenvalue weighted by Gasteiger charge is -2.41. The molecule has 4 rings (SSSR count). The van der Waals surface area contributed by atoms with Crippen molar-refractivity contribution in [2.75, 3.05) is 24.6 Å². The molecular formula is C20H24Cl2N4O2. The lowest BCUT2D eigenvalue weighted by molar-refractivity contribution is 0.0974. The molecule has 2 aliphatic rings. The fourth-order valence-electron chi connectivity index (χ4n) is 4.36. The Morgan fingerprint density at radius 1 is 1.29 bits per heavy atom. The van der Waals surface area contributed by atoms with Crippen LogP contribution in [0.15, 0.2) is 29.1 Å². The number of anilines is 1. The summed E-state index contributed by atoms with van der Waals surface area (Å²) in [5, 5.41) is 0.744. The van der Waals surface area contributed by atoms with E-state index in [9.17, 15) is 4.79 Å². The largest absolute Gasteiger partial charge is 0.376 e. The smallest absolute Gasteiger partial charge is 0.260 e. The Balaban J connectivity index is 1.60. The molecule has 8 heteroatoms. The number of nitrogens with two attached hydrogens (primary N) is 1. The average molecular weight is 423 g/mol. The van der Waals surface area contributed by atoms with Crippen LogP contribution in [-0.4, -0.2) is 41.4 Å². The minimum atomic E-state index is -0.179. The van der Waals surface area contributed by atoms with Gasteiger partial charge in [-0.05, 0) is 38.8 Å². The van der Waals surface area contributed by atoms with Crippen LogP contribution >= 0.6 is 23.2 Å². The minimum Gasteiger partial charge on any atom is -0.376 e. The van der Waals surface area contributed by atoms with Crippen molar-refractivity contribution >= 4 is 29.0 Å². The summed E-state index contributed by atoms with van der Waals surface area (Å²) in [6.45, 7) is 6.16. The van der Waals surface area contributed by atoms with Crippen molar-refractivity contribution in [2.24, 2.45) is 11.1 Å². The zero-order chi connectivity index (χ0) is 20.1. The molecule has 28 heavy (non-hydrogen) atoms. The van der Waals surface area contributed by atoms with E-state index in [1.54, 1.807) is 31.2 Å². The molecule has 0 saturated carbocycles. The Hall–Kier alpha value is -1.60. The van der Waals surface area contributed by atoms with E-state index in [2.05, 4.69) is 9.88 Å². The van der Waals surface area contributed by atoms with Gasteiger partial charge in [-0.15, -0.1) is 0 Å². The number of nitrogens with zero attached hydrogens (tertiary/aromatic N) is 3. The fourth-order valence-corrected chi connectivity index (χ4v) is 4.74. The van der Waals surface area contributed by atoms with E-state index in [-0.39, 0.29) is 23.1 Å². The van der Waals surface area contributed by atoms with Crippen LogP contribution in [0.25, 0.3) is 5.69 Å². The van der Waals surface area contributed by atoms with Crippen LogP contribution in [0, 0.1) is 12.3 Å². The first kappa shape index (κ1) is 19.7. The Kier molecular flexibility index (Phi) is 5.16. The van der Waals surface area contributed by atoms with Crippen LogP contribution in [0.5, 0.6) is 0 Å². The molecule has 0 bridgehead atoms. The van der Waals surface area contributed by atoms with Crippen LogP contribution in [0.1, 0.15) is 25.6 Å². The van der Waals surface area contributed by atoms with Gasteiger partial charge in [0, 0.05) is 30.6 Å². The summed E-state index contributed by atoms with van der Waals surface area (Å²) < 4.78 is 7.28. The molecule has 1 aromatic carbocycles. The number of benzene rings is 1. The molecule has 2 fully saturated rings. The van der Waals surface area contributed by atoms with E-state index in [0.717, 1.165) is 25.9 Å². The van der Waals surface area contributed by atoms with Crippen LogP contribution < -0.4 is 16.2 Å². The predicted molar refractivity (Wildman–Crippen MR) is 112 cm³/mol. The number of aryl methyl sites for hydroxylation is 1. The topological polar surface area (TPSA) is 73.4 Å². The molecule has 1 aromatic heterocycles. The monoisotopic (exact) mass is 422 g/mol. The second-order valence-electron chi connectivity index (χ2n) is 7.80. The maximum Gasteiger partial charge on any atom is 0.260 e. The van der Waals surface area contributed by atoms with Crippen LogP contribution in [0.3, 0.4) is 0 Å². The molecule has 0 aliphatic carbocycles. The highest BCUT2D eigenvalue weighted by Crippen LogP contribution is 2.41. The summed E-state index contributed by atoms with van der Waals surface area (Å²) >= 11 is 12.4. The molecule has 2 aliphatic heterocycles. The number of hydrogen-bond donors (Lipinski definition) is 1. The van der Waals surface area contributed by atoms with Crippen molar-refractivity contribution in [1.29, 1.82) is 0 Å². The lowest BCUT2D eigenvalue weighted by atomic mass is 9.73. The standard InChI is InChI=1S/C20H24Cl2N4O2/c1-12-19(23)20(11-28-12)6-8-25(9-7-20)16-10-17(27)26(13(2)24-16)15-5-3-4-14(21)18(15)22/h3-5,10,12,19H,6-9,11,23H2,1-2H3/t12-,19-/m1/s1. The Bertz CT molecular complexity index is 954. The van der Waals surface area contributed by atoms with E-state index in [0.29, 0.717) is 34.0 Å². The number of aromatic nitrogens is 2. The van der Waals surface area contributed by atoms with E-state index < -0.39 is 0 Å². The van der Waals surface area contributed by atoms with Gasteiger partial charge in [-0.25, -0.2) is 4.98 Å². The molecule has 0 amide bonds. The first-order valence-electron chi connectivity index (χ1n) is 9.50. The Morgan fingerprint density at radius 2 is 2.00 bits per heavy atom. The molecular weight excluding hydrogens is 399 g/mol. The summed E-state index contributed by atoms with van der Waals surface area (Å²) in [7, 11) is 0. The number of ether oxygens (including phenoxy) is 1. The van der Waals surface area contributed by atoms with Gasteiger partial charge in [0.05, 0.1) is 28.4 Å². The van der Waals surface area contributed by atoms with Crippen molar-refractivity contribution < 1.29 is 4.74 Å². The van der Waals surface area contributed by atoms with Gasteiger partial charge < -0.3 is 15.4 Å². The molecule has 2 N–H and O–H groups in total. The zero-order valence-corrected chi connectivity index (χ0v) is 17.5. The molecule has 1 spiro atoms. The predicted octanol–water partition coefficient (Wildman–Crippen LogP) is 3.18. The summed E-state index contributed by atoms with van der Waals surface area (Å²) in [5.41, 5.74) is 6.79. The summed E-state index contributed by atoms with van der Waals surface area (Å²) in [4.78, 5) is 19.7. The summed E-state index contributed by atoms with van der Waals surface area (Å²) in [5.74, 6) is 1.26. The van der Waals surface area contributed by atoms with Gasteiger partial charge in [0.25, 0.3) is 5.56 Å². The first-order chi connectivity index (χ1) is 13.3. The third kappa shape index (κ3) is 3.22. The van der Waals surface area contributed by atoms with Crippen LogP contribution in [0.4, 0.5) is 5.82 Å². The van der Waals surface area contributed by atoms with Gasteiger partial charge in [-0.1, -0.05) is 29.3 Å². The van der Waals surface area contributed by atoms with Gasteiger partial charge in [0.2, 0.25) is 0 Å². The van der Waals surface area contributed by atoms with Crippen LogP contribution in [0.2, 0.25) is 10.0 Å².